The number of nitrogens with zero attached hydrogens (tertiary/aromatic N) is 2. The van der Waals surface area contributed by atoms with Crippen LogP contribution in [0.4, 0.5) is 10.5 Å². The Balaban J connectivity index is 1.01. The number of carbonyl (C=O) groups excluding carboxylic acids is 2. The number of amides is 1. The molecule has 4 heterocycles. The van der Waals surface area contributed by atoms with Crippen molar-refractivity contribution < 1.29 is 38.1 Å². The smallest absolute Gasteiger partial charge is 0.410 e. The molecule has 0 spiro atoms. The number of esters is 1. The Bertz CT molecular complexity index is 2280. The van der Waals surface area contributed by atoms with E-state index in [2.05, 4.69) is 74.4 Å². The average Bonchev–Trinajstić information content (AvgIpc) is 3.31. The van der Waals surface area contributed by atoms with Crippen LogP contribution < -0.4 is 14.8 Å². The Morgan fingerprint density at radius 2 is 1.51 bits per heavy atom. The highest BCUT2D eigenvalue weighted by molar-refractivity contribution is 6.74. The summed E-state index contributed by atoms with van der Waals surface area (Å²) in [7, 11) is -2.36. The molecule has 8 rings (SSSR count). The summed E-state index contributed by atoms with van der Waals surface area (Å²) in [5.74, 6) is 1.07. The van der Waals surface area contributed by atoms with Gasteiger partial charge in [0.05, 0.1) is 24.9 Å². The predicted molar refractivity (Wildman–Crippen MR) is 268 cm³/mol. The highest BCUT2D eigenvalue weighted by Crippen LogP contribution is 2.44. The molecule has 4 aromatic rings. The summed E-state index contributed by atoms with van der Waals surface area (Å²) in [6.45, 7) is 22.0. The van der Waals surface area contributed by atoms with Crippen molar-refractivity contribution in [1.29, 1.82) is 0 Å². The number of fused-ring (bicyclic) bond motifs is 4. The Labute approximate surface area is 399 Å². The third-order valence-electron chi connectivity index (χ3n) is 13.7. The van der Waals surface area contributed by atoms with E-state index in [0.29, 0.717) is 62.2 Å². The number of anilines is 1. The molecule has 3 atom stereocenters. The van der Waals surface area contributed by atoms with E-state index in [-0.39, 0.29) is 17.2 Å². The summed E-state index contributed by atoms with van der Waals surface area (Å²) in [6, 6.07) is 30.4. The van der Waals surface area contributed by atoms with Gasteiger partial charge in [0.15, 0.2) is 8.32 Å². The molecule has 4 aliphatic rings. The van der Waals surface area contributed by atoms with Crippen molar-refractivity contribution in [2.75, 3.05) is 51.2 Å². The number of rotatable bonds is 19. The SMILES string of the molecule is CC(C)(C)OC(=O)N(CCCCCOc1ccc(C(O)(C(=O)OC2CN3CCC2CC3)c2ccccc2)cc1)CC(O[Si](C)(C)C(C)(C)C)c1ccc(OCc2ccccc2)c2c1C=CCN2. The lowest BCUT2D eigenvalue weighted by Gasteiger charge is -2.44. The number of ether oxygens (including phenoxy) is 4. The van der Waals surface area contributed by atoms with E-state index in [0.717, 1.165) is 73.3 Å². The molecule has 4 aliphatic heterocycles. The minimum atomic E-state index is -2.36. The summed E-state index contributed by atoms with van der Waals surface area (Å²) in [4.78, 5) is 32.1. The van der Waals surface area contributed by atoms with Gasteiger partial charge in [0.1, 0.15) is 29.8 Å². The van der Waals surface area contributed by atoms with Crippen LogP contribution >= 0.6 is 0 Å². The predicted octanol–water partition coefficient (Wildman–Crippen LogP) is 11.1. The molecule has 0 radical (unpaired) electrons. The van der Waals surface area contributed by atoms with Gasteiger partial charge in [-0.05, 0) is 130 Å². The van der Waals surface area contributed by atoms with Crippen LogP contribution in [0.3, 0.4) is 0 Å². The van der Waals surface area contributed by atoms with Crippen molar-refractivity contribution in [3.63, 3.8) is 0 Å². The first-order valence-electron chi connectivity index (χ1n) is 24.3. The van der Waals surface area contributed by atoms with Crippen molar-refractivity contribution in [2.45, 2.75) is 122 Å². The number of benzene rings is 4. The van der Waals surface area contributed by atoms with Crippen LogP contribution in [0, 0.1) is 5.92 Å². The van der Waals surface area contributed by atoms with E-state index in [4.69, 9.17) is 23.4 Å². The van der Waals surface area contributed by atoms with Crippen LogP contribution in [0.5, 0.6) is 11.5 Å². The van der Waals surface area contributed by atoms with Gasteiger partial charge < -0.3 is 38.7 Å². The molecule has 360 valence electrons. The largest absolute Gasteiger partial charge is 0.494 e. The van der Waals surface area contributed by atoms with Crippen molar-refractivity contribution in [3.05, 3.63) is 131 Å². The van der Waals surface area contributed by atoms with Gasteiger partial charge in [-0.3, -0.25) is 4.90 Å². The van der Waals surface area contributed by atoms with Crippen LogP contribution in [0.25, 0.3) is 6.08 Å². The molecule has 2 N–H and O–H groups in total. The zero-order valence-corrected chi connectivity index (χ0v) is 42.0. The summed E-state index contributed by atoms with van der Waals surface area (Å²) < 4.78 is 32.0. The van der Waals surface area contributed by atoms with Gasteiger partial charge >= 0.3 is 12.1 Å². The van der Waals surface area contributed by atoms with E-state index >= 15 is 0 Å². The first-order valence-corrected chi connectivity index (χ1v) is 27.2. The highest BCUT2D eigenvalue weighted by Gasteiger charge is 2.46. The minimum absolute atomic E-state index is 0.0724. The van der Waals surface area contributed by atoms with Gasteiger partial charge in [-0.2, -0.15) is 0 Å². The van der Waals surface area contributed by atoms with Gasteiger partial charge in [0, 0.05) is 25.2 Å². The van der Waals surface area contributed by atoms with Crippen LogP contribution in [0.15, 0.2) is 103 Å². The topological polar surface area (TPSA) is 119 Å². The third kappa shape index (κ3) is 12.5. The summed E-state index contributed by atoms with van der Waals surface area (Å²) in [5.41, 5.74) is 2.26. The molecule has 0 aliphatic carbocycles. The van der Waals surface area contributed by atoms with Crippen molar-refractivity contribution in [1.82, 2.24) is 9.80 Å². The first-order chi connectivity index (χ1) is 31.9. The standard InChI is InChI=1S/C55H73N3O8Si/c1-53(2,3)65-52(60)58(38-49(66-67(7,8)54(4,5)6)45-28-29-47(50-46(45)23-18-32-56-50)63-39-40-19-12-9-13-20-40)33-16-11-17-36-62-44-26-24-43(25-27-44)55(61,42-21-14-10-15-22-42)51(59)64-48-37-57-34-30-41(48)31-35-57/h9-10,12-15,18-29,41,48-49,56,61H,11,16-17,30-39H2,1-8H3. The number of nitrogens with one attached hydrogen (secondary N) is 1. The Morgan fingerprint density at radius 1 is 0.836 bits per heavy atom. The maximum absolute atomic E-state index is 14.1. The Morgan fingerprint density at radius 3 is 2.15 bits per heavy atom. The number of hydrogen-bond donors (Lipinski definition) is 2. The van der Waals surface area contributed by atoms with E-state index in [1.165, 1.54) is 0 Å². The molecule has 0 aromatic heterocycles. The third-order valence-corrected chi connectivity index (χ3v) is 18.2. The minimum Gasteiger partial charge on any atom is -0.494 e. The van der Waals surface area contributed by atoms with E-state index in [9.17, 15) is 14.7 Å². The van der Waals surface area contributed by atoms with E-state index in [1.807, 2.05) is 68.1 Å². The average molecular weight is 932 g/mol. The second-order valence-corrected chi connectivity index (χ2v) is 25.6. The molecule has 11 nitrogen and oxygen atoms in total. The van der Waals surface area contributed by atoms with Crippen LogP contribution in [-0.4, -0.2) is 92.9 Å². The zero-order valence-electron chi connectivity index (χ0n) is 41.0. The van der Waals surface area contributed by atoms with Gasteiger partial charge in [-0.1, -0.05) is 112 Å². The molecule has 2 bridgehead atoms. The monoisotopic (exact) mass is 932 g/mol. The number of hydrogen-bond acceptors (Lipinski definition) is 10. The van der Waals surface area contributed by atoms with Crippen molar-refractivity contribution >= 4 is 32.1 Å². The first kappa shape index (κ1) is 49.8. The number of carbonyl (C=O) groups is 2. The molecule has 4 aromatic carbocycles. The molecule has 12 heteroatoms. The Kier molecular flexibility index (Phi) is 15.9. The molecule has 3 unspecified atom stereocenters. The zero-order chi connectivity index (χ0) is 47.8. The number of piperidine rings is 3. The van der Waals surface area contributed by atoms with Crippen LogP contribution in [0.2, 0.25) is 18.1 Å². The van der Waals surface area contributed by atoms with Gasteiger partial charge in [0.2, 0.25) is 5.60 Å². The second kappa shape index (κ2) is 21.4. The Hall–Kier alpha value is -5.14. The quantitative estimate of drug-likeness (QED) is 0.0534. The lowest BCUT2D eigenvalue weighted by Crippen LogP contribution is -2.53. The molecular weight excluding hydrogens is 859 g/mol. The summed E-state index contributed by atoms with van der Waals surface area (Å²) in [5, 5.41) is 15.7. The summed E-state index contributed by atoms with van der Waals surface area (Å²) in [6.07, 6.45) is 7.51. The molecule has 1 amide bonds. The van der Waals surface area contributed by atoms with Gasteiger partial charge in [-0.15, -0.1) is 0 Å². The fraction of sp³-hybridized carbons (Fsp3) is 0.491. The maximum atomic E-state index is 14.1. The fourth-order valence-electron chi connectivity index (χ4n) is 8.88. The fourth-order valence-corrected chi connectivity index (χ4v) is 10.1. The van der Waals surface area contributed by atoms with Crippen LogP contribution in [0.1, 0.15) is 108 Å². The lowest BCUT2D eigenvalue weighted by atomic mass is 9.84. The lowest BCUT2D eigenvalue weighted by molar-refractivity contribution is -0.177. The molecule has 0 saturated carbocycles. The second-order valence-electron chi connectivity index (χ2n) is 20.9. The summed E-state index contributed by atoms with van der Waals surface area (Å²) >= 11 is 0. The molecular formula is C55H73N3O8Si. The molecule has 3 fully saturated rings. The molecule has 67 heavy (non-hydrogen) atoms. The maximum Gasteiger partial charge on any atom is 0.410 e. The van der Waals surface area contributed by atoms with Gasteiger partial charge in [0.25, 0.3) is 0 Å². The number of unbranched alkanes of at least 4 members (excludes halogenated alkanes) is 2. The highest BCUT2D eigenvalue weighted by atomic mass is 28.4. The van der Waals surface area contributed by atoms with E-state index < -0.39 is 31.6 Å². The van der Waals surface area contributed by atoms with Gasteiger partial charge in [-0.25, -0.2) is 9.59 Å². The van der Waals surface area contributed by atoms with Crippen LogP contribution in [-0.2, 0) is 30.9 Å². The molecule has 3 saturated heterocycles. The van der Waals surface area contributed by atoms with Crippen molar-refractivity contribution in [3.8, 4) is 11.5 Å². The van der Waals surface area contributed by atoms with E-state index in [1.54, 1.807) is 36.4 Å². The number of aliphatic hydroxyl groups is 1. The van der Waals surface area contributed by atoms with Crippen molar-refractivity contribution in [2.24, 2.45) is 5.92 Å². The normalized spacial score (nSPS) is 19.3.